The van der Waals surface area contributed by atoms with E-state index in [1.807, 2.05) is 27.7 Å². The van der Waals surface area contributed by atoms with Crippen LogP contribution in [0, 0.1) is 6.92 Å². The van der Waals surface area contributed by atoms with Crippen LogP contribution in [-0.4, -0.2) is 43.7 Å². The van der Waals surface area contributed by atoms with Crippen LogP contribution in [0.15, 0.2) is 46.3 Å². The lowest BCUT2D eigenvalue weighted by molar-refractivity contribution is 0.318. The van der Waals surface area contributed by atoms with E-state index in [1.54, 1.807) is 36.4 Å². The van der Waals surface area contributed by atoms with Crippen molar-refractivity contribution in [1.29, 1.82) is 0 Å². The summed E-state index contributed by atoms with van der Waals surface area (Å²) in [6, 6.07) is 10.0. The van der Waals surface area contributed by atoms with Crippen molar-refractivity contribution in [2.24, 2.45) is 4.99 Å². The fourth-order valence-corrected chi connectivity index (χ4v) is 4.13. The van der Waals surface area contributed by atoms with E-state index in [9.17, 15) is 13.5 Å². The van der Waals surface area contributed by atoms with E-state index in [0.29, 0.717) is 36.7 Å². The minimum Gasteiger partial charge on any atom is -0.504 e. The lowest BCUT2D eigenvalue weighted by atomic mass is 10.2. The van der Waals surface area contributed by atoms with Crippen LogP contribution in [0.4, 0.5) is 5.69 Å². The lowest BCUT2D eigenvalue weighted by Crippen LogP contribution is -2.30. The van der Waals surface area contributed by atoms with Gasteiger partial charge in [0.15, 0.2) is 11.5 Å². The number of phenols is 1. The van der Waals surface area contributed by atoms with E-state index in [1.165, 1.54) is 10.5 Å². The molecule has 0 heterocycles. The molecule has 2 aromatic carbocycles. The largest absolute Gasteiger partial charge is 0.504 e. The molecule has 1 N–H and O–H groups in total. The van der Waals surface area contributed by atoms with E-state index < -0.39 is 10.0 Å². The first-order valence-electron chi connectivity index (χ1n) is 8.94. The van der Waals surface area contributed by atoms with Crippen LogP contribution in [0.25, 0.3) is 0 Å². The number of rotatable bonds is 8. The number of aliphatic imine (C=N–C) groups is 1. The van der Waals surface area contributed by atoms with Crippen molar-refractivity contribution in [3.8, 4) is 11.5 Å². The molecule has 0 aromatic heterocycles. The molecule has 0 unspecified atom stereocenters. The minimum absolute atomic E-state index is 0.00710. The second kappa shape index (κ2) is 9.01. The summed E-state index contributed by atoms with van der Waals surface area (Å²) >= 11 is 0. The van der Waals surface area contributed by atoms with Crippen LogP contribution in [0.2, 0.25) is 0 Å². The monoisotopic (exact) mass is 390 g/mol. The van der Waals surface area contributed by atoms with Gasteiger partial charge in [0.25, 0.3) is 0 Å². The predicted octanol–water partition coefficient (Wildman–Crippen LogP) is 3.88. The molecule has 0 aliphatic rings. The Kier molecular flexibility index (Phi) is 6.98. The van der Waals surface area contributed by atoms with Gasteiger partial charge in [-0.05, 0) is 43.7 Å². The van der Waals surface area contributed by atoms with E-state index in [4.69, 9.17) is 4.74 Å². The molecule has 0 saturated heterocycles. The summed E-state index contributed by atoms with van der Waals surface area (Å²) in [5.41, 5.74) is 1.87. The Morgan fingerprint density at radius 3 is 2.48 bits per heavy atom. The number of para-hydroxylation sites is 1. The van der Waals surface area contributed by atoms with Gasteiger partial charge in [-0.3, -0.25) is 4.99 Å². The first-order chi connectivity index (χ1) is 12.8. The molecule has 0 atom stereocenters. The number of sulfonamides is 1. The quantitative estimate of drug-likeness (QED) is 0.694. The number of phenolic OH excluding ortho intramolecular Hbond substituents is 1. The highest BCUT2D eigenvalue weighted by molar-refractivity contribution is 7.89. The standard InChI is InChI=1S/C20H26N2O4S/c1-5-22(6-2)27(24,25)17-12-11-15(4)18(13-17)21-14-16-9-8-10-19(20(16)23)26-7-3/h8-14,23H,5-7H2,1-4H3. The van der Waals surface area contributed by atoms with Crippen LogP contribution in [0.5, 0.6) is 11.5 Å². The maximum Gasteiger partial charge on any atom is 0.243 e. The van der Waals surface area contributed by atoms with Gasteiger partial charge in [0.05, 0.1) is 17.2 Å². The van der Waals surface area contributed by atoms with Crippen molar-refractivity contribution < 1.29 is 18.3 Å². The highest BCUT2D eigenvalue weighted by Gasteiger charge is 2.22. The molecule has 7 heteroatoms. The molecule has 0 aliphatic heterocycles. The molecule has 27 heavy (non-hydrogen) atoms. The van der Waals surface area contributed by atoms with Crippen molar-refractivity contribution >= 4 is 21.9 Å². The van der Waals surface area contributed by atoms with Crippen LogP contribution >= 0.6 is 0 Å². The zero-order valence-corrected chi connectivity index (χ0v) is 17.0. The maximum atomic E-state index is 12.7. The second-order valence-corrected chi connectivity index (χ2v) is 7.86. The normalized spacial score (nSPS) is 12.0. The van der Waals surface area contributed by atoms with Gasteiger partial charge >= 0.3 is 0 Å². The molecule has 0 spiro atoms. The molecule has 0 amide bonds. The third-order valence-corrected chi connectivity index (χ3v) is 6.24. The van der Waals surface area contributed by atoms with E-state index >= 15 is 0 Å². The summed E-state index contributed by atoms with van der Waals surface area (Å²) < 4.78 is 32.2. The molecular formula is C20H26N2O4S. The summed E-state index contributed by atoms with van der Waals surface area (Å²) in [6.07, 6.45) is 1.51. The maximum absolute atomic E-state index is 12.7. The van der Waals surface area contributed by atoms with Crippen molar-refractivity contribution in [3.63, 3.8) is 0 Å². The highest BCUT2D eigenvalue weighted by Crippen LogP contribution is 2.30. The summed E-state index contributed by atoms with van der Waals surface area (Å²) in [4.78, 5) is 4.60. The molecular weight excluding hydrogens is 364 g/mol. The first kappa shape index (κ1) is 20.9. The predicted molar refractivity (Wildman–Crippen MR) is 108 cm³/mol. The second-order valence-electron chi connectivity index (χ2n) is 5.92. The van der Waals surface area contributed by atoms with Crippen molar-refractivity contribution in [1.82, 2.24) is 4.31 Å². The average molecular weight is 391 g/mol. The topological polar surface area (TPSA) is 79.2 Å². The Bertz CT molecular complexity index is 920. The van der Waals surface area contributed by atoms with Crippen LogP contribution in [0.3, 0.4) is 0 Å². The zero-order chi connectivity index (χ0) is 20.0. The molecule has 146 valence electrons. The molecule has 6 nitrogen and oxygen atoms in total. The number of nitrogens with zero attached hydrogens (tertiary/aromatic N) is 2. The molecule has 0 fully saturated rings. The third-order valence-electron chi connectivity index (χ3n) is 4.20. The van der Waals surface area contributed by atoms with Crippen LogP contribution in [0.1, 0.15) is 31.9 Å². The van der Waals surface area contributed by atoms with Gasteiger partial charge in [0, 0.05) is 24.9 Å². The summed E-state index contributed by atoms with van der Waals surface area (Å²) in [5, 5.41) is 10.3. The van der Waals surface area contributed by atoms with Gasteiger partial charge in [-0.25, -0.2) is 8.42 Å². The minimum atomic E-state index is -3.56. The Hall–Kier alpha value is -2.38. The Balaban J connectivity index is 2.41. The van der Waals surface area contributed by atoms with Crippen LogP contribution < -0.4 is 4.74 Å². The van der Waals surface area contributed by atoms with Crippen molar-refractivity contribution in [2.75, 3.05) is 19.7 Å². The molecule has 0 bridgehead atoms. The molecule has 0 aliphatic carbocycles. The number of hydrogen-bond donors (Lipinski definition) is 1. The molecule has 0 saturated carbocycles. The van der Waals surface area contributed by atoms with Gasteiger partial charge in [0.2, 0.25) is 10.0 Å². The van der Waals surface area contributed by atoms with Gasteiger partial charge in [-0.15, -0.1) is 0 Å². The number of aryl methyl sites for hydroxylation is 1. The summed E-state index contributed by atoms with van der Waals surface area (Å²) in [5.74, 6) is 0.392. The van der Waals surface area contributed by atoms with Crippen LogP contribution in [-0.2, 0) is 10.0 Å². The Morgan fingerprint density at radius 1 is 1.15 bits per heavy atom. The Morgan fingerprint density at radius 2 is 1.85 bits per heavy atom. The van der Waals surface area contributed by atoms with E-state index in [-0.39, 0.29) is 10.6 Å². The fraction of sp³-hybridized carbons (Fsp3) is 0.350. The summed E-state index contributed by atoms with van der Waals surface area (Å²) in [7, 11) is -3.56. The first-order valence-corrected chi connectivity index (χ1v) is 10.4. The SMILES string of the molecule is CCOc1cccc(C=Nc2cc(S(=O)(=O)N(CC)CC)ccc2C)c1O. The molecule has 2 rings (SSSR count). The third kappa shape index (κ3) is 4.67. The number of ether oxygens (including phenoxy) is 1. The average Bonchev–Trinajstić information content (AvgIpc) is 2.64. The lowest BCUT2D eigenvalue weighted by Gasteiger charge is -2.18. The number of aromatic hydroxyl groups is 1. The number of benzene rings is 2. The van der Waals surface area contributed by atoms with E-state index in [0.717, 1.165) is 5.56 Å². The molecule has 2 aromatic rings. The highest BCUT2D eigenvalue weighted by atomic mass is 32.2. The smallest absolute Gasteiger partial charge is 0.243 e. The summed E-state index contributed by atoms with van der Waals surface area (Å²) in [6.45, 7) is 8.57. The van der Waals surface area contributed by atoms with Gasteiger partial charge < -0.3 is 9.84 Å². The fourth-order valence-electron chi connectivity index (χ4n) is 2.66. The van der Waals surface area contributed by atoms with Gasteiger partial charge in [-0.2, -0.15) is 4.31 Å². The van der Waals surface area contributed by atoms with Gasteiger partial charge in [-0.1, -0.05) is 26.0 Å². The van der Waals surface area contributed by atoms with Gasteiger partial charge in [0.1, 0.15) is 0 Å². The molecule has 0 radical (unpaired) electrons. The zero-order valence-electron chi connectivity index (χ0n) is 16.1. The van der Waals surface area contributed by atoms with E-state index in [2.05, 4.69) is 4.99 Å². The Labute approximate surface area is 161 Å². The van der Waals surface area contributed by atoms with Crippen molar-refractivity contribution in [2.45, 2.75) is 32.6 Å². The number of hydrogen-bond acceptors (Lipinski definition) is 5. The van der Waals surface area contributed by atoms with Crippen molar-refractivity contribution in [3.05, 3.63) is 47.5 Å².